The van der Waals surface area contributed by atoms with E-state index in [-0.39, 0.29) is 23.7 Å². The van der Waals surface area contributed by atoms with Crippen LogP contribution in [0.2, 0.25) is 0 Å². The number of rotatable bonds is 7. The van der Waals surface area contributed by atoms with Crippen LogP contribution in [-0.2, 0) is 16.1 Å². The Morgan fingerprint density at radius 1 is 1.26 bits per heavy atom. The second-order valence-electron chi connectivity index (χ2n) is 8.60. The molecule has 6 nitrogen and oxygen atoms in total. The molecule has 0 bridgehead atoms. The Morgan fingerprint density at radius 2 is 1.97 bits per heavy atom. The van der Waals surface area contributed by atoms with Gasteiger partial charge in [0.15, 0.2) is 0 Å². The highest BCUT2D eigenvalue weighted by atomic mass is 19.1. The van der Waals surface area contributed by atoms with Crippen LogP contribution in [0.3, 0.4) is 0 Å². The summed E-state index contributed by atoms with van der Waals surface area (Å²) in [6.45, 7) is 7.10. The van der Waals surface area contributed by atoms with Gasteiger partial charge in [-0.25, -0.2) is 4.39 Å². The minimum atomic E-state index is -0.345. The molecule has 2 heterocycles. The van der Waals surface area contributed by atoms with E-state index >= 15 is 0 Å². The zero-order chi connectivity index (χ0) is 21.8. The molecule has 1 amide bonds. The van der Waals surface area contributed by atoms with Gasteiger partial charge in [-0.05, 0) is 38.3 Å². The fraction of sp³-hybridized carbons (Fsp3) is 0.583. The number of anilines is 1. The molecule has 1 saturated carbocycles. The molecule has 0 radical (unpaired) electrons. The van der Waals surface area contributed by atoms with E-state index in [1.54, 1.807) is 18.2 Å². The number of halogens is 1. The molecule has 168 valence electrons. The summed E-state index contributed by atoms with van der Waals surface area (Å²) in [5, 5.41) is 4.28. The highest BCUT2D eigenvalue weighted by Gasteiger charge is 2.33. The van der Waals surface area contributed by atoms with E-state index in [0.29, 0.717) is 50.0 Å². The quantitative estimate of drug-likeness (QED) is 0.642. The van der Waals surface area contributed by atoms with Gasteiger partial charge in [0, 0.05) is 30.6 Å². The van der Waals surface area contributed by atoms with Crippen molar-refractivity contribution in [3.05, 3.63) is 35.6 Å². The summed E-state index contributed by atoms with van der Waals surface area (Å²) < 4.78 is 25.9. The van der Waals surface area contributed by atoms with Crippen LogP contribution in [0.1, 0.15) is 51.5 Å². The summed E-state index contributed by atoms with van der Waals surface area (Å²) in [4.78, 5) is 17.5. The lowest BCUT2D eigenvalue weighted by Crippen LogP contribution is -2.42. The van der Waals surface area contributed by atoms with E-state index in [1.165, 1.54) is 6.07 Å². The lowest BCUT2D eigenvalue weighted by molar-refractivity contribution is -0.138. The van der Waals surface area contributed by atoms with Gasteiger partial charge in [0.1, 0.15) is 11.5 Å². The van der Waals surface area contributed by atoms with Crippen molar-refractivity contribution in [2.24, 2.45) is 5.92 Å². The summed E-state index contributed by atoms with van der Waals surface area (Å²) in [7, 11) is 0. The molecule has 2 fully saturated rings. The molecule has 1 aliphatic carbocycles. The van der Waals surface area contributed by atoms with Crippen molar-refractivity contribution in [2.45, 2.75) is 58.5 Å². The fourth-order valence-electron chi connectivity index (χ4n) is 4.57. The Kier molecular flexibility index (Phi) is 6.90. The van der Waals surface area contributed by atoms with Crippen LogP contribution >= 0.6 is 0 Å². The van der Waals surface area contributed by atoms with E-state index in [0.717, 1.165) is 37.7 Å². The molecule has 0 N–H and O–H groups in total. The Balaban J connectivity index is 1.73. The number of carbonyl (C=O) groups is 1. The molecule has 31 heavy (non-hydrogen) atoms. The maximum absolute atomic E-state index is 14.7. The maximum Gasteiger partial charge on any atom is 0.233 e. The Labute approximate surface area is 183 Å². The van der Waals surface area contributed by atoms with Crippen LogP contribution in [0.15, 0.2) is 28.8 Å². The largest absolute Gasteiger partial charge is 0.378 e. The Bertz CT molecular complexity index is 888. The van der Waals surface area contributed by atoms with Gasteiger partial charge in [-0.1, -0.05) is 37.1 Å². The fourth-order valence-corrected chi connectivity index (χ4v) is 4.57. The third-order valence-corrected chi connectivity index (χ3v) is 6.63. The van der Waals surface area contributed by atoms with E-state index in [2.05, 4.69) is 23.9 Å². The Hall–Kier alpha value is -2.41. The highest BCUT2D eigenvalue weighted by molar-refractivity contribution is 5.80. The first-order valence-electron chi connectivity index (χ1n) is 11.5. The number of carbonyl (C=O) groups excluding carboxylic acids is 1. The van der Waals surface area contributed by atoms with Crippen molar-refractivity contribution in [1.29, 1.82) is 0 Å². The smallest absolute Gasteiger partial charge is 0.233 e. The second-order valence-corrected chi connectivity index (χ2v) is 8.60. The standard InChI is InChI=1S/C24H32FN3O3/c1-3-17(2)28(23(29)18-8-4-5-9-18)16-20-22(19-10-6-7-11-21(19)25)26-31-24(20)27-12-14-30-15-13-27/h6-7,10-11,17-18H,3-5,8-9,12-16H2,1-2H3/t17-/m1/s1. The van der Waals surface area contributed by atoms with Crippen LogP contribution < -0.4 is 4.90 Å². The van der Waals surface area contributed by atoms with Gasteiger partial charge in [-0.3, -0.25) is 4.79 Å². The number of benzene rings is 1. The van der Waals surface area contributed by atoms with Crippen molar-refractivity contribution in [3.63, 3.8) is 0 Å². The van der Waals surface area contributed by atoms with Crippen LogP contribution in [0, 0.1) is 11.7 Å². The topological polar surface area (TPSA) is 58.8 Å². The molecule has 1 saturated heterocycles. The number of hydrogen-bond acceptors (Lipinski definition) is 5. The van der Waals surface area contributed by atoms with Crippen molar-refractivity contribution >= 4 is 11.8 Å². The molecule has 7 heteroatoms. The number of hydrogen-bond donors (Lipinski definition) is 0. The van der Waals surface area contributed by atoms with Crippen LogP contribution in [0.5, 0.6) is 0 Å². The lowest BCUT2D eigenvalue weighted by atomic mass is 10.0. The molecule has 1 atom stereocenters. The van der Waals surface area contributed by atoms with Crippen molar-refractivity contribution in [1.82, 2.24) is 10.1 Å². The zero-order valence-electron chi connectivity index (χ0n) is 18.5. The molecular formula is C24H32FN3O3. The first kappa shape index (κ1) is 21.8. The summed E-state index contributed by atoms with van der Waals surface area (Å²) >= 11 is 0. The predicted molar refractivity (Wildman–Crippen MR) is 117 cm³/mol. The first-order valence-corrected chi connectivity index (χ1v) is 11.5. The van der Waals surface area contributed by atoms with E-state index < -0.39 is 0 Å². The predicted octanol–water partition coefficient (Wildman–Crippen LogP) is 4.63. The van der Waals surface area contributed by atoms with Gasteiger partial charge < -0.3 is 19.1 Å². The van der Waals surface area contributed by atoms with Crippen LogP contribution in [-0.4, -0.2) is 48.3 Å². The minimum Gasteiger partial charge on any atom is -0.378 e. The van der Waals surface area contributed by atoms with Gasteiger partial charge in [-0.15, -0.1) is 0 Å². The molecule has 2 aromatic rings. The molecule has 2 aliphatic rings. The van der Waals surface area contributed by atoms with Gasteiger partial charge >= 0.3 is 0 Å². The number of amides is 1. The van der Waals surface area contributed by atoms with Crippen molar-refractivity contribution in [2.75, 3.05) is 31.2 Å². The SMILES string of the molecule is CC[C@@H](C)N(Cc1c(-c2ccccc2F)noc1N1CCOCC1)C(=O)C1CCCC1. The van der Waals surface area contributed by atoms with Gasteiger partial charge in [0.2, 0.25) is 11.8 Å². The molecule has 1 aliphatic heterocycles. The Morgan fingerprint density at radius 3 is 2.65 bits per heavy atom. The third kappa shape index (κ3) is 4.61. The average molecular weight is 430 g/mol. The average Bonchev–Trinajstić information content (AvgIpc) is 3.48. The summed E-state index contributed by atoms with van der Waals surface area (Å²) in [6.07, 6.45) is 4.97. The van der Waals surface area contributed by atoms with E-state index in [9.17, 15) is 9.18 Å². The number of aromatic nitrogens is 1. The number of morpholine rings is 1. The monoisotopic (exact) mass is 429 g/mol. The normalized spacial score (nSPS) is 18.4. The minimum absolute atomic E-state index is 0.0778. The summed E-state index contributed by atoms with van der Waals surface area (Å²) in [6, 6.07) is 6.68. The second kappa shape index (κ2) is 9.81. The molecule has 1 aromatic carbocycles. The number of ether oxygens (including phenoxy) is 1. The summed E-state index contributed by atoms with van der Waals surface area (Å²) in [5.74, 6) is 0.551. The summed E-state index contributed by atoms with van der Waals surface area (Å²) in [5.41, 5.74) is 1.66. The molecular weight excluding hydrogens is 397 g/mol. The van der Waals surface area contributed by atoms with Crippen molar-refractivity contribution in [3.8, 4) is 11.3 Å². The van der Waals surface area contributed by atoms with Gasteiger partial charge in [-0.2, -0.15) is 0 Å². The first-order chi connectivity index (χ1) is 15.1. The highest BCUT2D eigenvalue weighted by Crippen LogP contribution is 2.36. The van der Waals surface area contributed by atoms with Gasteiger partial charge in [0.05, 0.1) is 25.3 Å². The molecule has 0 unspecified atom stereocenters. The van der Waals surface area contributed by atoms with Gasteiger partial charge in [0.25, 0.3) is 0 Å². The molecule has 0 spiro atoms. The molecule has 1 aromatic heterocycles. The maximum atomic E-state index is 14.7. The van der Waals surface area contributed by atoms with Crippen LogP contribution in [0.25, 0.3) is 11.3 Å². The van der Waals surface area contributed by atoms with E-state index in [4.69, 9.17) is 9.26 Å². The van der Waals surface area contributed by atoms with E-state index in [1.807, 2.05) is 4.90 Å². The van der Waals surface area contributed by atoms with Crippen LogP contribution in [0.4, 0.5) is 10.3 Å². The lowest BCUT2D eigenvalue weighted by Gasteiger charge is -2.32. The van der Waals surface area contributed by atoms with Crippen molar-refractivity contribution < 1.29 is 18.4 Å². The number of nitrogens with zero attached hydrogens (tertiary/aromatic N) is 3. The zero-order valence-corrected chi connectivity index (χ0v) is 18.5. The molecule has 4 rings (SSSR count). The third-order valence-electron chi connectivity index (χ3n) is 6.63.